The van der Waals surface area contributed by atoms with Gasteiger partial charge in [-0.25, -0.2) is 4.68 Å². The SMILES string of the molecule is COc1cccc([C@H]2CCCN2C(=O)CCc2c(C)nn(-c3ccccc3)c2C)c1. The molecule has 0 aliphatic carbocycles. The van der Waals surface area contributed by atoms with Crippen LogP contribution in [0, 0.1) is 13.8 Å². The fourth-order valence-corrected chi connectivity index (χ4v) is 4.49. The van der Waals surface area contributed by atoms with Gasteiger partial charge in [-0.05, 0) is 68.5 Å². The van der Waals surface area contributed by atoms with E-state index in [0.29, 0.717) is 12.8 Å². The van der Waals surface area contributed by atoms with E-state index in [0.717, 1.165) is 47.8 Å². The van der Waals surface area contributed by atoms with E-state index < -0.39 is 0 Å². The van der Waals surface area contributed by atoms with Crippen LogP contribution < -0.4 is 4.74 Å². The zero-order chi connectivity index (χ0) is 21.1. The molecule has 2 heterocycles. The third-order valence-corrected chi connectivity index (χ3v) is 6.08. The van der Waals surface area contributed by atoms with Gasteiger partial charge in [0.05, 0.1) is 24.5 Å². The average Bonchev–Trinajstić information content (AvgIpc) is 3.38. The van der Waals surface area contributed by atoms with Crippen LogP contribution in [0.3, 0.4) is 0 Å². The number of aromatic nitrogens is 2. The predicted octanol–water partition coefficient (Wildman–Crippen LogP) is 4.79. The summed E-state index contributed by atoms with van der Waals surface area (Å²) in [6.45, 7) is 4.94. The van der Waals surface area contributed by atoms with Crippen LogP contribution in [0.25, 0.3) is 5.69 Å². The highest BCUT2D eigenvalue weighted by Crippen LogP contribution is 2.34. The molecule has 1 amide bonds. The predicted molar refractivity (Wildman–Crippen MR) is 118 cm³/mol. The van der Waals surface area contributed by atoms with E-state index in [1.807, 2.05) is 46.8 Å². The molecule has 0 bridgehead atoms. The quantitative estimate of drug-likeness (QED) is 0.594. The number of aryl methyl sites for hydroxylation is 1. The number of benzene rings is 2. The Morgan fingerprint density at radius 3 is 2.70 bits per heavy atom. The molecule has 1 fully saturated rings. The minimum absolute atomic E-state index is 0.141. The number of rotatable bonds is 6. The summed E-state index contributed by atoms with van der Waals surface area (Å²) in [7, 11) is 1.68. The lowest BCUT2D eigenvalue weighted by Gasteiger charge is -2.25. The van der Waals surface area contributed by atoms with E-state index in [2.05, 4.69) is 31.2 Å². The standard InChI is InChI=1S/C25H29N3O2/c1-18-23(19(2)28(26-18)21-10-5-4-6-11-21)14-15-25(29)27-16-8-13-24(27)20-9-7-12-22(17-20)30-3/h4-7,9-12,17,24H,8,13-16H2,1-3H3/t24-/m1/s1. The number of carbonyl (C=O) groups is 1. The van der Waals surface area contributed by atoms with E-state index in [1.165, 1.54) is 5.56 Å². The highest BCUT2D eigenvalue weighted by Gasteiger charge is 2.30. The molecule has 0 saturated carbocycles. The first kappa shape index (κ1) is 20.2. The van der Waals surface area contributed by atoms with Crippen molar-refractivity contribution in [2.24, 2.45) is 0 Å². The number of methoxy groups -OCH3 is 1. The van der Waals surface area contributed by atoms with Crippen molar-refractivity contribution in [1.29, 1.82) is 0 Å². The molecule has 1 aliphatic rings. The summed E-state index contributed by atoms with van der Waals surface area (Å²) in [6, 6.07) is 18.4. The van der Waals surface area contributed by atoms with Gasteiger partial charge in [-0.15, -0.1) is 0 Å². The monoisotopic (exact) mass is 403 g/mol. The van der Waals surface area contributed by atoms with Gasteiger partial charge in [0.2, 0.25) is 5.91 Å². The van der Waals surface area contributed by atoms with E-state index in [1.54, 1.807) is 7.11 Å². The van der Waals surface area contributed by atoms with E-state index in [4.69, 9.17) is 9.84 Å². The largest absolute Gasteiger partial charge is 0.497 e. The van der Waals surface area contributed by atoms with Gasteiger partial charge in [0.25, 0.3) is 0 Å². The van der Waals surface area contributed by atoms with Crippen LogP contribution in [0.1, 0.15) is 47.8 Å². The van der Waals surface area contributed by atoms with Crippen LogP contribution in [0.15, 0.2) is 54.6 Å². The number of ether oxygens (including phenoxy) is 1. The van der Waals surface area contributed by atoms with Crippen LogP contribution in [0.4, 0.5) is 0 Å². The maximum atomic E-state index is 13.1. The van der Waals surface area contributed by atoms with Crippen molar-refractivity contribution in [3.8, 4) is 11.4 Å². The molecule has 0 spiro atoms. The van der Waals surface area contributed by atoms with Gasteiger partial charge in [-0.1, -0.05) is 30.3 Å². The van der Waals surface area contributed by atoms with Gasteiger partial charge in [-0.3, -0.25) is 4.79 Å². The van der Waals surface area contributed by atoms with Crippen LogP contribution in [-0.4, -0.2) is 34.2 Å². The molecular formula is C25H29N3O2. The maximum absolute atomic E-state index is 13.1. The topological polar surface area (TPSA) is 47.4 Å². The minimum Gasteiger partial charge on any atom is -0.497 e. The highest BCUT2D eigenvalue weighted by molar-refractivity contribution is 5.77. The second-order valence-corrected chi connectivity index (χ2v) is 7.92. The number of nitrogens with zero attached hydrogens (tertiary/aromatic N) is 3. The Bertz CT molecular complexity index is 1030. The molecule has 3 aromatic rings. The van der Waals surface area contributed by atoms with E-state index >= 15 is 0 Å². The second-order valence-electron chi connectivity index (χ2n) is 7.92. The maximum Gasteiger partial charge on any atom is 0.223 e. The first-order valence-corrected chi connectivity index (χ1v) is 10.6. The van der Waals surface area contributed by atoms with Gasteiger partial charge in [-0.2, -0.15) is 5.10 Å². The number of para-hydroxylation sites is 1. The van der Waals surface area contributed by atoms with E-state index in [9.17, 15) is 4.79 Å². The van der Waals surface area contributed by atoms with Crippen molar-refractivity contribution >= 4 is 5.91 Å². The molecule has 1 aromatic heterocycles. The highest BCUT2D eigenvalue weighted by atomic mass is 16.5. The molecule has 30 heavy (non-hydrogen) atoms. The molecule has 1 saturated heterocycles. The summed E-state index contributed by atoms with van der Waals surface area (Å²) in [5.74, 6) is 1.05. The Balaban J connectivity index is 1.47. The molecule has 5 nitrogen and oxygen atoms in total. The molecule has 2 aromatic carbocycles. The summed E-state index contributed by atoms with van der Waals surface area (Å²) in [6.07, 6.45) is 3.26. The fourth-order valence-electron chi connectivity index (χ4n) is 4.49. The molecule has 0 unspecified atom stereocenters. The normalized spacial score (nSPS) is 16.1. The smallest absolute Gasteiger partial charge is 0.223 e. The minimum atomic E-state index is 0.141. The summed E-state index contributed by atoms with van der Waals surface area (Å²) in [5, 5.41) is 4.72. The fraction of sp³-hybridized carbons (Fsp3) is 0.360. The number of hydrogen-bond donors (Lipinski definition) is 0. The van der Waals surface area contributed by atoms with Crippen LogP contribution >= 0.6 is 0 Å². The number of hydrogen-bond acceptors (Lipinski definition) is 3. The Labute approximate surface area is 178 Å². The number of carbonyl (C=O) groups excluding carboxylic acids is 1. The van der Waals surface area contributed by atoms with Crippen molar-refractivity contribution < 1.29 is 9.53 Å². The second kappa shape index (κ2) is 8.74. The summed E-state index contributed by atoms with van der Waals surface area (Å²) >= 11 is 0. The molecular weight excluding hydrogens is 374 g/mol. The molecule has 0 N–H and O–H groups in total. The van der Waals surface area contributed by atoms with Crippen molar-refractivity contribution in [3.05, 3.63) is 77.1 Å². The summed E-state index contributed by atoms with van der Waals surface area (Å²) in [5.41, 5.74) is 5.48. The Morgan fingerprint density at radius 2 is 1.93 bits per heavy atom. The number of likely N-dealkylation sites (tertiary alicyclic amines) is 1. The lowest BCUT2D eigenvalue weighted by Crippen LogP contribution is -2.30. The lowest BCUT2D eigenvalue weighted by molar-refractivity contribution is -0.132. The molecule has 5 heteroatoms. The Kier molecular flexibility index (Phi) is 5.88. The first-order valence-electron chi connectivity index (χ1n) is 10.6. The molecule has 4 rings (SSSR count). The van der Waals surface area contributed by atoms with E-state index in [-0.39, 0.29) is 11.9 Å². The van der Waals surface area contributed by atoms with Gasteiger partial charge < -0.3 is 9.64 Å². The first-order chi connectivity index (χ1) is 14.6. The zero-order valence-corrected chi connectivity index (χ0v) is 18.0. The Hall–Kier alpha value is -3.08. The summed E-state index contributed by atoms with van der Waals surface area (Å²) < 4.78 is 7.34. The van der Waals surface area contributed by atoms with Crippen molar-refractivity contribution in [2.45, 2.75) is 45.6 Å². The summed E-state index contributed by atoms with van der Waals surface area (Å²) in [4.78, 5) is 15.2. The molecule has 0 radical (unpaired) electrons. The molecule has 156 valence electrons. The van der Waals surface area contributed by atoms with Crippen LogP contribution in [0.2, 0.25) is 0 Å². The van der Waals surface area contributed by atoms with Gasteiger partial charge in [0.1, 0.15) is 5.75 Å². The van der Waals surface area contributed by atoms with Crippen molar-refractivity contribution in [1.82, 2.24) is 14.7 Å². The van der Waals surface area contributed by atoms with Crippen molar-refractivity contribution in [3.63, 3.8) is 0 Å². The lowest BCUT2D eigenvalue weighted by atomic mass is 10.0. The van der Waals surface area contributed by atoms with Gasteiger partial charge in [0, 0.05) is 18.7 Å². The van der Waals surface area contributed by atoms with Crippen LogP contribution in [0.5, 0.6) is 5.75 Å². The van der Waals surface area contributed by atoms with Gasteiger partial charge >= 0.3 is 0 Å². The third-order valence-electron chi connectivity index (χ3n) is 6.08. The van der Waals surface area contributed by atoms with Crippen LogP contribution in [-0.2, 0) is 11.2 Å². The third kappa shape index (κ3) is 3.97. The average molecular weight is 404 g/mol. The molecule has 1 aliphatic heterocycles. The zero-order valence-electron chi connectivity index (χ0n) is 18.0. The van der Waals surface area contributed by atoms with Crippen molar-refractivity contribution in [2.75, 3.05) is 13.7 Å². The Morgan fingerprint density at radius 1 is 1.13 bits per heavy atom. The number of amides is 1. The van der Waals surface area contributed by atoms with Gasteiger partial charge in [0.15, 0.2) is 0 Å². The molecule has 1 atom stereocenters.